The Morgan fingerprint density at radius 2 is 1.62 bits per heavy atom. The van der Waals surface area contributed by atoms with Gasteiger partial charge in [-0.2, -0.15) is 5.10 Å². The van der Waals surface area contributed by atoms with Crippen molar-refractivity contribution in [1.29, 1.82) is 0 Å². The van der Waals surface area contributed by atoms with Gasteiger partial charge in [0.1, 0.15) is 0 Å². The van der Waals surface area contributed by atoms with Gasteiger partial charge in [0, 0.05) is 11.4 Å². The highest BCUT2D eigenvalue weighted by atomic mass is 15.3. The van der Waals surface area contributed by atoms with Gasteiger partial charge in [-0.05, 0) is 42.3 Å². The summed E-state index contributed by atoms with van der Waals surface area (Å²) in [6.45, 7) is 3.87. The van der Waals surface area contributed by atoms with Crippen LogP contribution < -0.4 is 5.43 Å². The lowest BCUT2D eigenvalue weighted by Gasteiger charge is -2.02. The molecule has 0 fully saturated rings. The molecule has 4 heteroatoms. The van der Waals surface area contributed by atoms with Gasteiger partial charge in [0.2, 0.25) is 5.95 Å². The molecule has 0 saturated heterocycles. The summed E-state index contributed by atoms with van der Waals surface area (Å²) in [6, 6.07) is 16.4. The molecule has 1 aromatic heterocycles. The van der Waals surface area contributed by atoms with Gasteiger partial charge < -0.3 is 0 Å². The van der Waals surface area contributed by atoms with Gasteiger partial charge in [-0.1, -0.05) is 36.4 Å². The largest absolute Gasteiger partial charge is 0.245 e. The Labute approximate surface area is 123 Å². The molecule has 0 saturated carbocycles. The van der Waals surface area contributed by atoms with Crippen LogP contribution in [-0.2, 0) is 0 Å². The Balaban J connectivity index is 1.78. The summed E-state index contributed by atoms with van der Waals surface area (Å²) < 4.78 is 0. The molecule has 1 N–H and O–H groups in total. The molecule has 21 heavy (non-hydrogen) atoms. The maximum atomic E-state index is 4.28. The SMILES string of the molecule is Cc1cc(C)nc(NN=Cc2ccc3ccccc3c2)n1. The summed E-state index contributed by atoms with van der Waals surface area (Å²) in [5.74, 6) is 0.518. The third kappa shape index (κ3) is 3.23. The highest BCUT2D eigenvalue weighted by molar-refractivity contribution is 5.90. The first-order valence-corrected chi connectivity index (χ1v) is 6.81. The summed E-state index contributed by atoms with van der Waals surface area (Å²) >= 11 is 0. The van der Waals surface area contributed by atoms with Crippen molar-refractivity contribution in [1.82, 2.24) is 9.97 Å². The molecule has 0 aliphatic rings. The topological polar surface area (TPSA) is 50.2 Å². The van der Waals surface area contributed by atoms with E-state index in [2.05, 4.69) is 44.8 Å². The monoisotopic (exact) mass is 276 g/mol. The van der Waals surface area contributed by atoms with Crippen LogP contribution in [0.15, 0.2) is 53.6 Å². The normalized spacial score (nSPS) is 11.1. The number of hydrogen-bond donors (Lipinski definition) is 1. The van der Waals surface area contributed by atoms with Gasteiger partial charge in [-0.15, -0.1) is 0 Å². The highest BCUT2D eigenvalue weighted by Crippen LogP contribution is 2.14. The predicted octanol–water partition coefficient (Wildman–Crippen LogP) is 3.69. The standard InChI is InChI=1S/C17H16N4/c1-12-9-13(2)20-17(19-12)21-18-11-14-7-8-15-5-3-4-6-16(15)10-14/h3-11H,1-2H3,(H,19,20,21). The van der Waals surface area contributed by atoms with E-state index in [1.807, 2.05) is 38.1 Å². The summed E-state index contributed by atoms with van der Waals surface area (Å²) in [5, 5.41) is 6.62. The zero-order valence-electron chi connectivity index (χ0n) is 12.0. The fraction of sp³-hybridized carbons (Fsp3) is 0.118. The van der Waals surface area contributed by atoms with Crippen LogP contribution in [0.2, 0.25) is 0 Å². The van der Waals surface area contributed by atoms with Gasteiger partial charge in [-0.25, -0.2) is 15.4 Å². The number of hydrogen-bond acceptors (Lipinski definition) is 4. The molecule has 2 aromatic carbocycles. The second-order valence-electron chi connectivity index (χ2n) is 4.95. The zero-order valence-corrected chi connectivity index (χ0v) is 12.0. The van der Waals surface area contributed by atoms with Crippen molar-refractivity contribution < 1.29 is 0 Å². The highest BCUT2D eigenvalue weighted by Gasteiger charge is 1.97. The number of rotatable bonds is 3. The van der Waals surface area contributed by atoms with E-state index in [1.54, 1.807) is 6.21 Å². The number of benzene rings is 2. The van der Waals surface area contributed by atoms with Crippen LogP contribution in [0.3, 0.4) is 0 Å². The van der Waals surface area contributed by atoms with Crippen molar-refractivity contribution >= 4 is 22.9 Å². The molecule has 0 unspecified atom stereocenters. The lowest BCUT2D eigenvalue weighted by molar-refractivity contribution is 1.04. The Bertz CT molecular complexity index is 788. The van der Waals surface area contributed by atoms with E-state index < -0.39 is 0 Å². The molecule has 1 heterocycles. The maximum absolute atomic E-state index is 4.28. The number of fused-ring (bicyclic) bond motifs is 1. The second-order valence-corrected chi connectivity index (χ2v) is 4.95. The quantitative estimate of drug-likeness (QED) is 0.586. The van der Waals surface area contributed by atoms with Crippen LogP contribution in [0.25, 0.3) is 10.8 Å². The Morgan fingerprint density at radius 1 is 0.905 bits per heavy atom. The van der Waals surface area contributed by atoms with Crippen molar-refractivity contribution in [3.05, 3.63) is 65.5 Å². The first kappa shape index (κ1) is 13.2. The molecule has 0 bridgehead atoms. The lowest BCUT2D eigenvalue weighted by atomic mass is 10.1. The number of anilines is 1. The van der Waals surface area contributed by atoms with Gasteiger partial charge in [0.15, 0.2) is 0 Å². The second kappa shape index (κ2) is 5.71. The number of aromatic nitrogens is 2. The lowest BCUT2D eigenvalue weighted by Crippen LogP contribution is -1.99. The molecule has 3 aromatic rings. The van der Waals surface area contributed by atoms with Gasteiger partial charge in [-0.3, -0.25) is 0 Å². The van der Waals surface area contributed by atoms with Crippen molar-refractivity contribution in [2.75, 3.05) is 5.43 Å². The molecular formula is C17H16N4. The number of hydrazone groups is 1. The number of nitrogens with one attached hydrogen (secondary N) is 1. The summed E-state index contributed by atoms with van der Waals surface area (Å²) in [7, 11) is 0. The molecule has 0 aliphatic heterocycles. The molecule has 0 amide bonds. The van der Waals surface area contributed by atoms with Crippen LogP contribution in [0, 0.1) is 13.8 Å². The molecule has 104 valence electrons. The number of aryl methyl sites for hydroxylation is 2. The molecule has 0 aliphatic carbocycles. The Morgan fingerprint density at radius 3 is 2.38 bits per heavy atom. The predicted molar refractivity (Wildman–Crippen MR) is 86.7 cm³/mol. The molecule has 4 nitrogen and oxygen atoms in total. The van der Waals surface area contributed by atoms with Gasteiger partial charge >= 0.3 is 0 Å². The third-order valence-corrected chi connectivity index (χ3v) is 3.13. The van der Waals surface area contributed by atoms with E-state index in [4.69, 9.17) is 0 Å². The molecule has 0 atom stereocenters. The average Bonchev–Trinajstić information content (AvgIpc) is 2.46. The minimum atomic E-state index is 0.518. The summed E-state index contributed by atoms with van der Waals surface area (Å²) in [5.41, 5.74) is 5.75. The van der Waals surface area contributed by atoms with E-state index in [0.717, 1.165) is 17.0 Å². The zero-order chi connectivity index (χ0) is 14.7. The van der Waals surface area contributed by atoms with Gasteiger partial charge in [0.05, 0.1) is 6.21 Å². The van der Waals surface area contributed by atoms with Crippen molar-refractivity contribution in [3.63, 3.8) is 0 Å². The fourth-order valence-corrected chi connectivity index (χ4v) is 2.23. The van der Waals surface area contributed by atoms with Crippen molar-refractivity contribution in [2.24, 2.45) is 5.10 Å². The fourth-order valence-electron chi connectivity index (χ4n) is 2.23. The van der Waals surface area contributed by atoms with Crippen LogP contribution in [-0.4, -0.2) is 16.2 Å². The molecule has 0 spiro atoms. The average molecular weight is 276 g/mol. The van der Waals surface area contributed by atoms with Crippen LogP contribution in [0.5, 0.6) is 0 Å². The van der Waals surface area contributed by atoms with Crippen LogP contribution >= 0.6 is 0 Å². The van der Waals surface area contributed by atoms with Crippen LogP contribution in [0.4, 0.5) is 5.95 Å². The summed E-state index contributed by atoms with van der Waals surface area (Å²) in [6.07, 6.45) is 1.77. The summed E-state index contributed by atoms with van der Waals surface area (Å²) in [4.78, 5) is 8.56. The Kier molecular flexibility index (Phi) is 3.60. The molecular weight excluding hydrogens is 260 g/mol. The number of nitrogens with zero attached hydrogens (tertiary/aromatic N) is 3. The van der Waals surface area contributed by atoms with E-state index in [0.29, 0.717) is 5.95 Å². The molecule has 3 rings (SSSR count). The van der Waals surface area contributed by atoms with Gasteiger partial charge in [0.25, 0.3) is 0 Å². The van der Waals surface area contributed by atoms with Crippen molar-refractivity contribution in [3.8, 4) is 0 Å². The first-order chi connectivity index (χ1) is 10.2. The minimum Gasteiger partial charge on any atom is -0.245 e. The maximum Gasteiger partial charge on any atom is 0.243 e. The van der Waals surface area contributed by atoms with Crippen LogP contribution in [0.1, 0.15) is 17.0 Å². The van der Waals surface area contributed by atoms with E-state index in [1.165, 1.54) is 10.8 Å². The third-order valence-electron chi connectivity index (χ3n) is 3.13. The van der Waals surface area contributed by atoms with E-state index >= 15 is 0 Å². The minimum absolute atomic E-state index is 0.518. The van der Waals surface area contributed by atoms with Crippen molar-refractivity contribution in [2.45, 2.75) is 13.8 Å². The smallest absolute Gasteiger partial charge is 0.243 e. The van der Waals surface area contributed by atoms with E-state index in [-0.39, 0.29) is 0 Å². The molecule has 0 radical (unpaired) electrons. The Hall–Kier alpha value is -2.75. The van der Waals surface area contributed by atoms with E-state index in [9.17, 15) is 0 Å². The first-order valence-electron chi connectivity index (χ1n) is 6.81.